The van der Waals surface area contributed by atoms with Crippen molar-refractivity contribution in [2.45, 2.75) is 0 Å². The van der Waals surface area contributed by atoms with E-state index in [4.69, 9.17) is 18.1 Å². The summed E-state index contributed by atoms with van der Waals surface area (Å²) in [6, 6.07) is 13.8. The van der Waals surface area contributed by atoms with Gasteiger partial charge in [-0.2, -0.15) is 0 Å². The average Bonchev–Trinajstić information content (AvgIpc) is 2.91. The number of anilines is 1. The molecule has 20 heavy (non-hydrogen) atoms. The van der Waals surface area contributed by atoms with Gasteiger partial charge in [0.25, 0.3) is 0 Å². The zero-order valence-corrected chi connectivity index (χ0v) is 11.4. The first-order valence-electron chi connectivity index (χ1n) is 6.08. The molecule has 2 heterocycles. The van der Waals surface area contributed by atoms with Crippen molar-refractivity contribution >= 4 is 28.7 Å². The molecule has 0 spiro atoms. The lowest BCUT2D eigenvalue weighted by atomic mass is 10.1. The molecule has 0 saturated carbocycles. The fraction of sp³-hybridized carbons (Fsp3) is 0. The molecule has 0 aliphatic carbocycles. The number of benzene rings is 1. The molecular weight excluding hydrogens is 270 g/mol. The molecule has 0 fully saturated rings. The molecule has 3 aromatic rings. The molecule has 4 N–H and O–H groups in total. The highest BCUT2D eigenvalue weighted by Crippen LogP contribution is 2.23. The number of hydrogen-bond donors (Lipinski definition) is 3. The van der Waals surface area contributed by atoms with Gasteiger partial charge in [-0.05, 0) is 36.5 Å². The van der Waals surface area contributed by atoms with Crippen LogP contribution in [0.5, 0.6) is 0 Å². The Bertz CT molecular complexity index is 765. The lowest BCUT2D eigenvalue weighted by Gasteiger charge is -2.08. The summed E-state index contributed by atoms with van der Waals surface area (Å²) in [5.74, 6) is 5.26. The van der Waals surface area contributed by atoms with Gasteiger partial charge in [0.1, 0.15) is 5.65 Å². The Kier molecular flexibility index (Phi) is 3.32. The maximum atomic E-state index is 5.26. The summed E-state index contributed by atoms with van der Waals surface area (Å²) in [6.45, 7) is 0. The number of nitrogens with one attached hydrogen (secondary N) is 2. The van der Waals surface area contributed by atoms with E-state index in [9.17, 15) is 0 Å². The third kappa shape index (κ3) is 2.34. The molecule has 0 radical (unpaired) electrons. The van der Waals surface area contributed by atoms with Crippen LogP contribution in [-0.2, 0) is 0 Å². The van der Waals surface area contributed by atoms with Crippen molar-refractivity contribution in [2.24, 2.45) is 5.84 Å². The quantitative estimate of drug-likeness (QED) is 0.382. The van der Waals surface area contributed by atoms with Gasteiger partial charge < -0.3 is 10.7 Å². The molecule has 2 aromatic heterocycles. The van der Waals surface area contributed by atoms with Crippen molar-refractivity contribution in [1.82, 2.24) is 14.8 Å². The molecule has 3 rings (SSSR count). The minimum absolute atomic E-state index is 0.375. The van der Waals surface area contributed by atoms with Crippen molar-refractivity contribution < 1.29 is 0 Å². The van der Waals surface area contributed by atoms with E-state index >= 15 is 0 Å². The number of thiocarbonyl (C=S) groups is 1. The molecule has 0 unspecified atom stereocenters. The molecule has 0 saturated heterocycles. The summed E-state index contributed by atoms with van der Waals surface area (Å²) in [6.07, 6.45) is 3.85. The van der Waals surface area contributed by atoms with Crippen LogP contribution in [0.2, 0.25) is 0 Å². The number of rotatable bonds is 2. The van der Waals surface area contributed by atoms with Crippen molar-refractivity contribution in [3.63, 3.8) is 0 Å². The molecule has 0 atom stereocenters. The number of fused-ring (bicyclic) bond motifs is 1. The van der Waals surface area contributed by atoms with Crippen LogP contribution in [0.3, 0.4) is 0 Å². The van der Waals surface area contributed by atoms with Crippen LogP contribution in [0, 0.1) is 0 Å². The van der Waals surface area contributed by atoms with Gasteiger partial charge in [0.15, 0.2) is 5.11 Å². The topological polar surface area (TPSA) is 67.4 Å². The summed E-state index contributed by atoms with van der Waals surface area (Å²) in [7, 11) is 0. The largest absolute Gasteiger partial charge is 0.332 e. The van der Waals surface area contributed by atoms with Gasteiger partial charge in [0, 0.05) is 17.4 Å². The van der Waals surface area contributed by atoms with Crippen LogP contribution in [0.1, 0.15) is 0 Å². The summed E-state index contributed by atoms with van der Waals surface area (Å²) in [5, 5.41) is 3.38. The Morgan fingerprint density at radius 1 is 1.20 bits per heavy atom. The number of hydrogen-bond acceptors (Lipinski definition) is 3. The van der Waals surface area contributed by atoms with Crippen molar-refractivity contribution in [2.75, 3.05) is 5.32 Å². The normalized spacial score (nSPS) is 10.4. The van der Waals surface area contributed by atoms with E-state index in [1.807, 2.05) is 59.3 Å². The highest BCUT2D eigenvalue weighted by Gasteiger charge is 2.06. The Hall–Kier alpha value is -2.44. The minimum atomic E-state index is 0.375. The Morgan fingerprint density at radius 3 is 2.95 bits per heavy atom. The zero-order chi connectivity index (χ0) is 13.9. The first kappa shape index (κ1) is 12.6. The average molecular weight is 283 g/mol. The van der Waals surface area contributed by atoms with Gasteiger partial charge in [-0.25, -0.2) is 10.8 Å². The van der Waals surface area contributed by atoms with E-state index in [-0.39, 0.29) is 0 Å². The van der Waals surface area contributed by atoms with Gasteiger partial charge >= 0.3 is 0 Å². The third-order valence-electron chi connectivity index (χ3n) is 2.96. The summed E-state index contributed by atoms with van der Waals surface area (Å²) >= 11 is 4.99. The standard InChI is InChI=1S/C14H13N5S/c15-18-14(20)17-11-5-3-4-10(8-11)12-9-16-13-6-1-2-7-19(12)13/h1-9H,15H2,(H2,17,18,20). The fourth-order valence-electron chi connectivity index (χ4n) is 2.07. The van der Waals surface area contributed by atoms with E-state index in [1.165, 1.54) is 0 Å². The van der Waals surface area contributed by atoms with Gasteiger partial charge in [-0.3, -0.25) is 4.40 Å². The van der Waals surface area contributed by atoms with Crippen molar-refractivity contribution in [3.8, 4) is 11.3 Å². The molecule has 5 nitrogen and oxygen atoms in total. The summed E-state index contributed by atoms with van der Waals surface area (Å²) in [4.78, 5) is 4.39. The van der Waals surface area contributed by atoms with Gasteiger partial charge in [0.05, 0.1) is 11.9 Å². The van der Waals surface area contributed by atoms with Gasteiger partial charge in [-0.1, -0.05) is 18.2 Å². The monoisotopic (exact) mass is 283 g/mol. The van der Waals surface area contributed by atoms with Gasteiger partial charge in [-0.15, -0.1) is 0 Å². The number of aromatic nitrogens is 2. The second kappa shape index (κ2) is 5.28. The summed E-state index contributed by atoms with van der Waals surface area (Å²) < 4.78 is 2.04. The number of nitrogens with zero attached hydrogens (tertiary/aromatic N) is 2. The van der Waals surface area contributed by atoms with E-state index in [0.717, 1.165) is 22.6 Å². The number of hydrazine groups is 1. The maximum Gasteiger partial charge on any atom is 0.185 e. The van der Waals surface area contributed by atoms with E-state index in [0.29, 0.717) is 5.11 Å². The van der Waals surface area contributed by atoms with Crippen LogP contribution in [-0.4, -0.2) is 14.5 Å². The SMILES string of the molecule is NNC(=S)Nc1cccc(-c2cnc3ccccn23)c1. The minimum Gasteiger partial charge on any atom is -0.332 e. The zero-order valence-electron chi connectivity index (χ0n) is 10.6. The second-order valence-corrected chi connectivity index (χ2v) is 4.66. The predicted octanol–water partition coefficient (Wildman–Crippen LogP) is 2.16. The molecule has 6 heteroatoms. The van der Waals surface area contributed by atoms with Crippen LogP contribution in [0.15, 0.2) is 54.9 Å². The Balaban J connectivity index is 2.02. The second-order valence-electron chi connectivity index (χ2n) is 4.25. The lowest BCUT2D eigenvalue weighted by Crippen LogP contribution is -2.34. The number of imidazole rings is 1. The van der Waals surface area contributed by atoms with Crippen molar-refractivity contribution in [1.29, 1.82) is 0 Å². The first-order chi connectivity index (χ1) is 9.78. The third-order valence-corrected chi connectivity index (χ3v) is 3.18. The highest BCUT2D eigenvalue weighted by molar-refractivity contribution is 7.80. The van der Waals surface area contributed by atoms with E-state index in [1.54, 1.807) is 0 Å². The lowest BCUT2D eigenvalue weighted by molar-refractivity contribution is 1.04. The van der Waals surface area contributed by atoms with Gasteiger partial charge in [0.2, 0.25) is 0 Å². The molecule has 0 aliphatic rings. The molecule has 0 aliphatic heterocycles. The highest BCUT2D eigenvalue weighted by atomic mass is 32.1. The number of nitrogens with two attached hydrogens (primary N) is 1. The van der Waals surface area contributed by atoms with Crippen LogP contribution >= 0.6 is 12.2 Å². The fourth-order valence-corrected chi connectivity index (χ4v) is 2.19. The summed E-state index contributed by atoms with van der Waals surface area (Å²) in [5.41, 5.74) is 6.26. The van der Waals surface area contributed by atoms with Crippen LogP contribution in [0.4, 0.5) is 5.69 Å². The van der Waals surface area contributed by atoms with Crippen LogP contribution < -0.4 is 16.6 Å². The first-order valence-corrected chi connectivity index (χ1v) is 6.49. The van der Waals surface area contributed by atoms with Crippen LogP contribution in [0.25, 0.3) is 16.9 Å². The van der Waals surface area contributed by atoms with Crippen molar-refractivity contribution in [3.05, 3.63) is 54.9 Å². The molecule has 100 valence electrons. The van der Waals surface area contributed by atoms with E-state index < -0.39 is 0 Å². The Labute approximate surface area is 121 Å². The molecule has 0 bridgehead atoms. The molecular formula is C14H13N5S. The Morgan fingerprint density at radius 2 is 2.10 bits per heavy atom. The maximum absolute atomic E-state index is 5.26. The number of pyridine rings is 1. The molecule has 0 amide bonds. The smallest absolute Gasteiger partial charge is 0.185 e. The van der Waals surface area contributed by atoms with E-state index in [2.05, 4.69) is 15.7 Å². The molecule has 1 aromatic carbocycles. The predicted molar refractivity (Wildman–Crippen MR) is 84.2 cm³/mol.